The minimum absolute atomic E-state index is 0.105. The molecule has 0 spiro atoms. The summed E-state index contributed by atoms with van der Waals surface area (Å²) < 4.78 is 5.67. The van der Waals surface area contributed by atoms with Gasteiger partial charge in [0.1, 0.15) is 12.4 Å². The number of allylic oxidation sites excluding steroid dienone is 3. The second kappa shape index (κ2) is 12.6. The van der Waals surface area contributed by atoms with E-state index in [2.05, 4.69) is 62.1 Å². The molecular formula is C31H42N2O4. The minimum atomic E-state index is -0.800. The number of carbonyl (C=O) groups excluding carboxylic acids is 1. The second-order valence-corrected chi connectivity index (χ2v) is 10.5. The maximum absolute atomic E-state index is 13.6. The number of hydrogen-bond donors (Lipinski definition) is 1. The first kappa shape index (κ1) is 27.2. The monoisotopic (exact) mass is 506 g/mol. The third-order valence-corrected chi connectivity index (χ3v) is 8.07. The first-order valence-electron chi connectivity index (χ1n) is 14.0. The lowest BCUT2D eigenvalue weighted by atomic mass is 9.79. The van der Waals surface area contributed by atoms with E-state index < -0.39 is 11.9 Å². The van der Waals surface area contributed by atoms with Gasteiger partial charge in [0.2, 0.25) is 5.91 Å². The molecule has 200 valence electrons. The average Bonchev–Trinajstić information content (AvgIpc) is 3.53. The smallest absolute Gasteiger partial charge is 0.309 e. The van der Waals surface area contributed by atoms with E-state index in [9.17, 15) is 14.7 Å². The number of nitrogens with zero attached hydrogens (tertiary/aromatic N) is 2. The summed E-state index contributed by atoms with van der Waals surface area (Å²) in [6.07, 6.45) is 11.8. The molecule has 1 saturated heterocycles. The quantitative estimate of drug-likeness (QED) is 0.404. The second-order valence-electron chi connectivity index (χ2n) is 10.5. The van der Waals surface area contributed by atoms with Gasteiger partial charge in [0.05, 0.1) is 12.5 Å². The van der Waals surface area contributed by atoms with Crippen LogP contribution in [0.2, 0.25) is 0 Å². The van der Waals surface area contributed by atoms with Crippen LogP contribution in [0.25, 0.3) is 0 Å². The number of carboxylic acid groups (broad SMARTS) is 1. The Bertz CT molecular complexity index is 1050. The van der Waals surface area contributed by atoms with Crippen molar-refractivity contribution < 1.29 is 19.4 Å². The van der Waals surface area contributed by atoms with E-state index in [0.717, 1.165) is 67.7 Å². The fourth-order valence-corrected chi connectivity index (χ4v) is 5.90. The summed E-state index contributed by atoms with van der Waals surface area (Å²) in [6, 6.07) is 7.95. The van der Waals surface area contributed by atoms with Crippen LogP contribution in [0.5, 0.6) is 0 Å². The Morgan fingerprint density at radius 1 is 1.05 bits per heavy atom. The first-order chi connectivity index (χ1) is 18.0. The number of likely N-dealkylation sites (tertiary alicyclic amines) is 1. The summed E-state index contributed by atoms with van der Waals surface area (Å²) in [7, 11) is 0. The SMILES string of the molecule is CCCCN(CCCC)C(=O)CN1C[C@H](C2=CC=C3OCC=C3C2)[C@H](C(=O)O)[C@H]1c1ccc(CC)cc1. The highest BCUT2D eigenvalue weighted by molar-refractivity contribution is 5.79. The van der Waals surface area contributed by atoms with E-state index in [1.807, 2.05) is 11.0 Å². The van der Waals surface area contributed by atoms with Crippen LogP contribution in [0.3, 0.4) is 0 Å². The summed E-state index contributed by atoms with van der Waals surface area (Å²) >= 11 is 0. The zero-order chi connectivity index (χ0) is 26.4. The molecule has 0 unspecified atom stereocenters. The maximum Gasteiger partial charge on any atom is 0.309 e. The van der Waals surface area contributed by atoms with Gasteiger partial charge >= 0.3 is 5.97 Å². The zero-order valence-corrected chi connectivity index (χ0v) is 22.6. The van der Waals surface area contributed by atoms with E-state index >= 15 is 0 Å². The Morgan fingerprint density at radius 2 is 1.76 bits per heavy atom. The lowest BCUT2D eigenvalue weighted by Crippen LogP contribution is -2.42. The molecule has 6 nitrogen and oxygen atoms in total. The number of aryl methyl sites for hydroxylation is 1. The number of aliphatic carboxylic acids is 1. The Labute approximate surface area is 221 Å². The molecule has 6 heteroatoms. The minimum Gasteiger partial charge on any atom is -0.489 e. The fourth-order valence-electron chi connectivity index (χ4n) is 5.90. The predicted octanol–water partition coefficient (Wildman–Crippen LogP) is 5.52. The van der Waals surface area contributed by atoms with Crippen molar-refractivity contribution in [3.63, 3.8) is 0 Å². The van der Waals surface area contributed by atoms with Crippen LogP contribution in [0.15, 0.2) is 59.4 Å². The van der Waals surface area contributed by atoms with Gasteiger partial charge in [-0.05, 0) is 54.5 Å². The van der Waals surface area contributed by atoms with Gasteiger partial charge in [0, 0.05) is 31.6 Å². The number of fused-ring (bicyclic) bond motifs is 1. The van der Waals surface area contributed by atoms with Crippen LogP contribution in [-0.2, 0) is 20.7 Å². The number of hydrogen-bond acceptors (Lipinski definition) is 4. The molecule has 3 aliphatic rings. The summed E-state index contributed by atoms with van der Waals surface area (Å²) in [4.78, 5) is 30.5. The topological polar surface area (TPSA) is 70.1 Å². The van der Waals surface area contributed by atoms with Gasteiger partial charge in [-0.2, -0.15) is 0 Å². The highest BCUT2D eigenvalue weighted by atomic mass is 16.5. The Kier molecular flexibility index (Phi) is 9.25. The number of unbranched alkanes of at least 4 members (excludes halogenated alkanes) is 2. The Morgan fingerprint density at radius 3 is 2.38 bits per heavy atom. The lowest BCUT2D eigenvalue weighted by Gasteiger charge is -2.30. The van der Waals surface area contributed by atoms with Gasteiger partial charge < -0.3 is 14.7 Å². The van der Waals surface area contributed by atoms with Gasteiger partial charge in [-0.1, -0.05) is 69.5 Å². The first-order valence-corrected chi connectivity index (χ1v) is 14.0. The fraction of sp³-hybridized carbons (Fsp3) is 0.548. The number of carboxylic acids is 1. The molecule has 1 amide bonds. The molecular weight excluding hydrogens is 464 g/mol. The number of rotatable bonds is 12. The van der Waals surface area contributed by atoms with Crippen LogP contribution in [-0.4, -0.2) is 59.6 Å². The highest BCUT2D eigenvalue weighted by Crippen LogP contribution is 2.47. The van der Waals surface area contributed by atoms with Gasteiger partial charge in [-0.15, -0.1) is 0 Å². The van der Waals surface area contributed by atoms with Crippen LogP contribution >= 0.6 is 0 Å². The van der Waals surface area contributed by atoms with Crippen LogP contribution in [0.1, 0.15) is 70.0 Å². The molecule has 0 aromatic heterocycles. The van der Waals surface area contributed by atoms with Crippen LogP contribution in [0.4, 0.5) is 0 Å². The van der Waals surface area contributed by atoms with E-state index in [1.165, 1.54) is 5.56 Å². The molecule has 2 aliphatic heterocycles. The average molecular weight is 507 g/mol. The van der Waals surface area contributed by atoms with E-state index in [0.29, 0.717) is 19.6 Å². The van der Waals surface area contributed by atoms with Crippen molar-refractivity contribution in [2.45, 2.75) is 65.3 Å². The molecule has 3 atom stereocenters. The molecule has 1 aromatic rings. The Hall–Kier alpha value is -2.86. The summed E-state index contributed by atoms with van der Waals surface area (Å²) in [5.74, 6) is -0.585. The maximum atomic E-state index is 13.6. The van der Waals surface area contributed by atoms with E-state index in [-0.39, 0.29) is 24.4 Å². The van der Waals surface area contributed by atoms with E-state index in [4.69, 9.17) is 4.74 Å². The van der Waals surface area contributed by atoms with Gasteiger partial charge in [-0.25, -0.2) is 0 Å². The van der Waals surface area contributed by atoms with Crippen LogP contribution in [0, 0.1) is 11.8 Å². The Balaban J connectivity index is 1.65. The van der Waals surface area contributed by atoms with Gasteiger partial charge in [-0.3, -0.25) is 14.5 Å². The largest absolute Gasteiger partial charge is 0.489 e. The van der Waals surface area contributed by atoms with Crippen molar-refractivity contribution in [3.8, 4) is 0 Å². The number of benzene rings is 1. The summed E-state index contributed by atoms with van der Waals surface area (Å²) in [5, 5.41) is 10.5. The summed E-state index contributed by atoms with van der Waals surface area (Å²) in [6.45, 7) is 9.30. The van der Waals surface area contributed by atoms with Gasteiger partial charge in [0.25, 0.3) is 0 Å². The van der Waals surface area contributed by atoms with Crippen molar-refractivity contribution in [2.24, 2.45) is 11.8 Å². The van der Waals surface area contributed by atoms with Crippen molar-refractivity contribution in [3.05, 3.63) is 70.5 Å². The van der Waals surface area contributed by atoms with Crippen molar-refractivity contribution in [1.82, 2.24) is 9.80 Å². The molecule has 2 heterocycles. The molecule has 0 radical (unpaired) electrons. The molecule has 1 fully saturated rings. The predicted molar refractivity (Wildman–Crippen MR) is 146 cm³/mol. The zero-order valence-electron chi connectivity index (χ0n) is 22.6. The number of ether oxygens (including phenoxy) is 1. The van der Waals surface area contributed by atoms with Crippen molar-refractivity contribution >= 4 is 11.9 Å². The molecule has 1 aliphatic carbocycles. The van der Waals surface area contributed by atoms with Crippen molar-refractivity contribution in [1.29, 1.82) is 0 Å². The molecule has 37 heavy (non-hydrogen) atoms. The molecule has 1 aromatic carbocycles. The number of carbonyl (C=O) groups is 2. The highest BCUT2D eigenvalue weighted by Gasteiger charge is 2.49. The molecule has 1 N–H and O–H groups in total. The van der Waals surface area contributed by atoms with E-state index in [1.54, 1.807) is 0 Å². The molecule has 0 bridgehead atoms. The normalized spacial score (nSPS) is 23.1. The van der Waals surface area contributed by atoms with Gasteiger partial charge in [0.15, 0.2) is 0 Å². The lowest BCUT2D eigenvalue weighted by molar-refractivity contribution is -0.144. The third-order valence-electron chi connectivity index (χ3n) is 8.07. The number of amides is 1. The molecule has 0 saturated carbocycles. The van der Waals surface area contributed by atoms with Crippen molar-refractivity contribution in [2.75, 3.05) is 32.8 Å². The summed E-state index contributed by atoms with van der Waals surface area (Å²) in [5.41, 5.74) is 4.46. The molecule has 4 rings (SSSR count). The van der Waals surface area contributed by atoms with Crippen LogP contribution < -0.4 is 0 Å². The standard InChI is InChI=1S/C31H42N2O4/c1-4-7-16-32(17-8-5-2)28(34)21-33-20-26(24-13-14-27-25(19-24)15-18-37-27)29(31(35)36)30(33)23-11-9-22(6-3)10-12-23/h9-15,26,29-30H,4-8,16-21H2,1-3H3,(H,35,36)/t26-,29+,30-/m1/s1. The third kappa shape index (κ3) is 6.18.